The number of cyclic esters (lactones) is 2. The van der Waals surface area contributed by atoms with Gasteiger partial charge in [-0.25, -0.2) is 9.78 Å². The van der Waals surface area contributed by atoms with Crippen LogP contribution in [0.1, 0.15) is 70.5 Å². The molecule has 1 aliphatic rings. The predicted molar refractivity (Wildman–Crippen MR) is 160 cm³/mol. The summed E-state index contributed by atoms with van der Waals surface area (Å²) in [5.41, 5.74) is 10.4. The van der Waals surface area contributed by atoms with Gasteiger partial charge in [0.25, 0.3) is 0 Å². The van der Waals surface area contributed by atoms with Crippen LogP contribution in [0.2, 0.25) is 0 Å². The quantitative estimate of drug-likeness (QED) is 0.370. The number of esters is 2. The minimum absolute atomic E-state index is 0.0866. The van der Waals surface area contributed by atoms with Crippen LogP contribution in [0, 0.1) is 0 Å². The van der Waals surface area contributed by atoms with E-state index in [2.05, 4.69) is 30.9 Å². The van der Waals surface area contributed by atoms with Gasteiger partial charge in [0.1, 0.15) is 12.2 Å². The number of aromatic nitrogens is 1. The fraction of sp³-hybridized carbons (Fsp3) is 0.516. The van der Waals surface area contributed by atoms with E-state index in [1.165, 1.54) is 6.08 Å². The molecule has 7 nitrogen and oxygen atoms in total. The average Bonchev–Trinajstić information content (AvgIpc) is 3.29. The lowest BCUT2D eigenvalue weighted by Crippen LogP contribution is -2.28. The van der Waals surface area contributed by atoms with Crippen LogP contribution in [0.3, 0.4) is 0 Å². The minimum atomic E-state index is -0.465. The van der Waals surface area contributed by atoms with Crippen molar-refractivity contribution in [2.24, 2.45) is 5.73 Å². The Morgan fingerprint density at radius 3 is 2.56 bits per heavy atom. The summed E-state index contributed by atoms with van der Waals surface area (Å²) in [5.74, 6) is -0.635. The van der Waals surface area contributed by atoms with Crippen LogP contribution >= 0.6 is 11.3 Å². The van der Waals surface area contributed by atoms with Crippen molar-refractivity contribution in [3.05, 3.63) is 75.3 Å². The lowest BCUT2D eigenvalue weighted by Gasteiger charge is -2.18. The molecule has 0 saturated heterocycles. The molecular weight excluding hydrogens is 510 g/mol. The molecule has 0 amide bonds. The van der Waals surface area contributed by atoms with Crippen molar-refractivity contribution in [3.63, 3.8) is 0 Å². The molecule has 2 heterocycles. The molecule has 214 valence electrons. The second-order valence-electron chi connectivity index (χ2n) is 10.8. The summed E-state index contributed by atoms with van der Waals surface area (Å²) < 4.78 is 11.4. The number of ether oxygens (including phenoxy) is 2. The monoisotopic (exact) mass is 555 g/mol. The molecule has 4 atom stereocenters. The molecule has 2 N–H and O–H groups in total. The second-order valence-corrected chi connectivity index (χ2v) is 11.7. The molecule has 1 aliphatic heterocycles. The SMILES string of the molecule is CC(/C=C/C(C)=C/C1Cc2nc(cs2)[C@@H](C)C[C@@H](N)CC(=O)O[C@@H](C)C/C(C)=C/C=C\C(=O)O1)=C\CN(C)C. The molecule has 0 fully saturated rings. The second kappa shape index (κ2) is 16.3. The zero-order valence-electron chi connectivity index (χ0n) is 24.5. The normalized spacial score (nSPS) is 27.3. The first-order chi connectivity index (χ1) is 18.4. The molecule has 1 aromatic heterocycles. The third kappa shape index (κ3) is 13.2. The Morgan fingerprint density at radius 2 is 1.85 bits per heavy atom. The van der Waals surface area contributed by atoms with Gasteiger partial charge in [0, 0.05) is 42.8 Å². The highest BCUT2D eigenvalue weighted by molar-refractivity contribution is 7.09. The van der Waals surface area contributed by atoms with E-state index in [9.17, 15) is 9.59 Å². The van der Waals surface area contributed by atoms with Crippen LogP contribution in [0.5, 0.6) is 0 Å². The van der Waals surface area contributed by atoms with Gasteiger partial charge in [0.2, 0.25) is 0 Å². The van der Waals surface area contributed by atoms with E-state index in [4.69, 9.17) is 20.2 Å². The van der Waals surface area contributed by atoms with Crippen molar-refractivity contribution in [2.45, 2.75) is 84.5 Å². The number of rotatable bonds is 5. The van der Waals surface area contributed by atoms with Gasteiger partial charge in [-0.2, -0.15) is 0 Å². The third-order valence-corrected chi connectivity index (χ3v) is 7.08. The van der Waals surface area contributed by atoms with Crippen molar-refractivity contribution in [3.8, 4) is 0 Å². The first-order valence-electron chi connectivity index (χ1n) is 13.5. The van der Waals surface area contributed by atoms with Crippen LogP contribution in [0.25, 0.3) is 0 Å². The molecule has 0 aromatic carbocycles. The third-order valence-electron chi connectivity index (χ3n) is 6.19. The van der Waals surface area contributed by atoms with Gasteiger partial charge in [-0.1, -0.05) is 54.0 Å². The summed E-state index contributed by atoms with van der Waals surface area (Å²) >= 11 is 1.54. The van der Waals surface area contributed by atoms with Gasteiger partial charge in [-0.05, 0) is 54.3 Å². The number of carbonyl (C=O) groups is 2. The van der Waals surface area contributed by atoms with Gasteiger partial charge in [0.15, 0.2) is 0 Å². The molecule has 0 spiro atoms. The Balaban J connectivity index is 2.30. The number of allylic oxidation sites excluding steroid dienone is 6. The van der Waals surface area contributed by atoms with Crippen LogP contribution in [0.15, 0.2) is 64.6 Å². The van der Waals surface area contributed by atoms with Gasteiger partial charge >= 0.3 is 11.9 Å². The number of hydrogen-bond acceptors (Lipinski definition) is 8. The topological polar surface area (TPSA) is 94.8 Å². The zero-order chi connectivity index (χ0) is 28.9. The van der Waals surface area contributed by atoms with Crippen LogP contribution in [-0.4, -0.2) is 60.7 Å². The number of thiazole rings is 1. The molecule has 2 bridgehead atoms. The number of hydrogen-bond donors (Lipinski definition) is 1. The van der Waals surface area contributed by atoms with Gasteiger partial charge in [0.05, 0.1) is 17.1 Å². The van der Waals surface area contributed by atoms with Gasteiger partial charge < -0.3 is 20.1 Å². The number of nitrogens with two attached hydrogens (primary N) is 1. The van der Waals surface area contributed by atoms with E-state index in [0.29, 0.717) is 19.3 Å². The van der Waals surface area contributed by atoms with Crippen LogP contribution in [-0.2, 0) is 25.5 Å². The van der Waals surface area contributed by atoms with Crippen molar-refractivity contribution in [2.75, 3.05) is 20.6 Å². The number of fused-ring (bicyclic) bond motifs is 2. The minimum Gasteiger partial charge on any atom is -0.462 e. The number of carbonyl (C=O) groups excluding carboxylic acids is 2. The Bertz CT molecular complexity index is 1110. The van der Waals surface area contributed by atoms with Gasteiger partial charge in [-0.15, -0.1) is 11.3 Å². The van der Waals surface area contributed by atoms with Crippen LogP contribution < -0.4 is 5.73 Å². The van der Waals surface area contributed by atoms with E-state index in [-0.39, 0.29) is 30.5 Å². The highest BCUT2D eigenvalue weighted by atomic mass is 32.1. The highest BCUT2D eigenvalue weighted by Gasteiger charge is 2.20. The lowest BCUT2D eigenvalue weighted by atomic mass is 9.98. The van der Waals surface area contributed by atoms with E-state index in [1.54, 1.807) is 17.4 Å². The highest BCUT2D eigenvalue weighted by Crippen LogP contribution is 2.25. The summed E-state index contributed by atoms with van der Waals surface area (Å²) in [6.45, 7) is 10.8. The largest absolute Gasteiger partial charge is 0.462 e. The van der Waals surface area contributed by atoms with E-state index in [1.807, 2.05) is 58.5 Å². The van der Waals surface area contributed by atoms with Crippen molar-refractivity contribution in [1.29, 1.82) is 0 Å². The lowest BCUT2D eigenvalue weighted by molar-refractivity contribution is -0.148. The molecular formula is C31H45N3O4S. The molecule has 39 heavy (non-hydrogen) atoms. The fourth-order valence-electron chi connectivity index (χ4n) is 4.15. The average molecular weight is 556 g/mol. The van der Waals surface area contributed by atoms with Gasteiger partial charge in [-0.3, -0.25) is 4.79 Å². The Morgan fingerprint density at radius 1 is 1.13 bits per heavy atom. The maximum Gasteiger partial charge on any atom is 0.331 e. The number of likely N-dealkylation sites (N-methyl/N-ethyl adjacent to an activating group) is 1. The number of nitrogens with zero attached hydrogens (tertiary/aromatic N) is 2. The predicted octanol–water partition coefficient (Wildman–Crippen LogP) is 5.66. The smallest absolute Gasteiger partial charge is 0.331 e. The first kappa shape index (κ1) is 32.4. The maximum absolute atomic E-state index is 12.7. The van der Waals surface area contributed by atoms with E-state index < -0.39 is 12.1 Å². The summed E-state index contributed by atoms with van der Waals surface area (Å²) in [4.78, 5) is 32.0. The summed E-state index contributed by atoms with van der Waals surface area (Å²) in [5, 5.41) is 2.90. The molecule has 8 heteroatoms. The first-order valence-corrected chi connectivity index (χ1v) is 14.4. The van der Waals surface area contributed by atoms with E-state index >= 15 is 0 Å². The molecule has 0 aliphatic carbocycles. The fourth-order valence-corrected chi connectivity index (χ4v) is 5.11. The Hall–Kier alpha value is -2.81. The molecule has 1 aromatic rings. The molecule has 0 radical (unpaired) electrons. The Labute approximate surface area is 238 Å². The maximum atomic E-state index is 12.7. The van der Waals surface area contributed by atoms with Crippen molar-refractivity contribution < 1.29 is 19.1 Å². The molecule has 2 rings (SSSR count). The van der Waals surface area contributed by atoms with Crippen molar-refractivity contribution >= 4 is 23.3 Å². The molecule has 0 saturated carbocycles. The summed E-state index contributed by atoms with van der Waals surface area (Å²) in [6.07, 6.45) is 14.2. The van der Waals surface area contributed by atoms with E-state index in [0.717, 1.165) is 34.0 Å². The zero-order valence-corrected chi connectivity index (χ0v) is 25.3. The Kier molecular flexibility index (Phi) is 13.6. The standard InChI is InChI=1S/C31H45N3O4S/c1-21(13-14-34(6)7)11-12-23(3)16-27-19-29-33-28(20-39-29)24(4)17-26(32)18-31(36)37-25(5)15-22(2)9-8-10-30(35)38-27/h8-13,16,20,24-27H,14-15,17-19,32H2,1-7H3/b10-8-,12-11+,21-13+,22-9+,23-16+/t24-,25-,26+,27?/m0/s1. The van der Waals surface area contributed by atoms with Crippen molar-refractivity contribution in [1.82, 2.24) is 9.88 Å². The molecule has 1 unspecified atom stereocenters. The summed E-state index contributed by atoms with van der Waals surface area (Å²) in [6, 6.07) is -0.312. The van der Waals surface area contributed by atoms with Crippen LogP contribution in [0.4, 0.5) is 0 Å². The summed E-state index contributed by atoms with van der Waals surface area (Å²) in [7, 11) is 4.07.